The smallest absolute Gasteiger partial charge is 0.229 e. The van der Waals surface area contributed by atoms with E-state index in [9.17, 15) is 4.39 Å². The van der Waals surface area contributed by atoms with Gasteiger partial charge in [-0.1, -0.05) is 18.2 Å². The van der Waals surface area contributed by atoms with Gasteiger partial charge in [-0.3, -0.25) is 0 Å². The molecule has 0 fully saturated rings. The Labute approximate surface area is 147 Å². The Morgan fingerprint density at radius 1 is 0.960 bits per heavy atom. The van der Waals surface area contributed by atoms with Crippen molar-refractivity contribution in [1.29, 1.82) is 0 Å². The van der Waals surface area contributed by atoms with Gasteiger partial charge in [-0.2, -0.15) is 4.98 Å². The number of aromatic nitrogens is 2. The Hall–Kier alpha value is -2.95. The molecule has 0 amide bonds. The minimum atomic E-state index is -0.213. The van der Waals surface area contributed by atoms with Crippen molar-refractivity contribution < 1.29 is 4.39 Å². The third-order valence-electron chi connectivity index (χ3n) is 4.05. The van der Waals surface area contributed by atoms with Crippen LogP contribution in [0.25, 0.3) is 0 Å². The number of rotatable bonds is 6. The van der Waals surface area contributed by atoms with Crippen molar-refractivity contribution in [2.75, 3.05) is 17.2 Å². The average Bonchev–Trinajstić information content (AvgIpc) is 2.60. The minimum absolute atomic E-state index is 0.213. The number of nitrogens with one attached hydrogen (secondary N) is 2. The van der Waals surface area contributed by atoms with E-state index < -0.39 is 0 Å². The van der Waals surface area contributed by atoms with Crippen LogP contribution in [-0.2, 0) is 6.42 Å². The van der Waals surface area contributed by atoms with E-state index in [1.165, 1.54) is 23.3 Å². The molecular weight excluding hydrogens is 315 g/mol. The van der Waals surface area contributed by atoms with Crippen LogP contribution in [0.3, 0.4) is 0 Å². The molecule has 25 heavy (non-hydrogen) atoms. The lowest BCUT2D eigenvalue weighted by Crippen LogP contribution is -2.07. The van der Waals surface area contributed by atoms with Crippen molar-refractivity contribution >= 4 is 17.5 Å². The molecule has 0 aliphatic carbocycles. The van der Waals surface area contributed by atoms with Gasteiger partial charge in [0.1, 0.15) is 11.6 Å². The van der Waals surface area contributed by atoms with Gasteiger partial charge in [-0.15, -0.1) is 0 Å². The zero-order valence-electron chi connectivity index (χ0n) is 14.4. The van der Waals surface area contributed by atoms with Gasteiger partial charge >= 0.3 is 0 Å². The summed E-state index contributed by atoms with van der Waals surface area (Å²) in [6.07, 6.45) is 2.51. The first-order chi connectivity index (χ1) is 12.1. The van der Waals surface area contributed by atoms with Gasteiger partial charge in [0.25, 0.3) is 0 Å². The second-order valence-corrected chi connectivity index (χ2v) is 5.99. The summed E-state index contributed by atoms with van der Waals surface area (Å²) in [5, 5.41) is 6.49. The summed E-state index contributed by atoms with van der Waals surface area (Å²) in [7, 11) is 0. The second-order valence-electron chi connectivity index (χ2n) is 5.99. The van der Waals surface area contributed by atoms with Crippen molar-refractivity contribution in [3.05, 3.63) is 77.2 Å². The van der Waals surface area contributed by atoms with E-state index in [2.05, 4.69) is 46.6 Å². The van der Waals surface area contributed by atoms with Crippen LogP contribution in [0.1, 0.15) is 16.7 Å². The summed E-state index contributed by atoms with van der Waals surface area (Å²) in [4.78, 5) is 8.73. The molecule has 5 heteroatoms. The molecule has 0 saturated carbocycles. The van der Waals surface area contributed by atoms with Gasteiger partial charge in [0.2, 0.25) is 5.95 Å². The molecule has 3 aromatic rings. The van der Waals surface area contributed by atoms with Crippen LogP contribution in [0.4, 0.5) is 21.8 Å². The second kappa shape index (κ2) is 7.75. The zero-order chi connectivity index (χ0) is 17.6. The van der Waals surface area contributed by atoms with E-state index in [0.717, 1.165) is 23.5 Å². The van der Waals surface area contributed by atoms with Gasteiger partial charge in [0, 0.05) is 18.4 Å². The molecule has 128 valence electrons. The van der Waals surface area contributed by atoms with E-state index in [1.807, 2.05) is 12.1 Å². The fourth-order valence-electron chi connectivity index (χ4n) is 2.45. The highest BCUT2D eigenvalue weighted by molar-refractivity contribution is 5.56. The van der Waals surface area contributed by atoms with Crippen molar-refractivity contribution in [3.8, 4) is 0 Å². The lowest BCUT2D eigenvalue weighted by atomic mass is 10.1. The van der Waals surface area contributed by atoms with Crippen LogP contribution in [0.2, 0.25) is 0 Å². The predicted molar refractivity (Wildman–Crippen MR) is 99.8 cm³/mol. The lowest BCUT2D eigenvalue weighted by Gasteiger charge is -2.10. The van der Waals surface area contributed by atoms with E-state index in [0.29, 0.717) is 12.5 Å². The largest absolute Gasteiger partial charge is 0.370 e. The summed E-state index contributed by atoms with van der Waals surface area (Å²) in [6.45, 7) is 4.88. The van der Waals surface area contributed by atoms with Crippen LogP contribution in [0, 0.1) is 19.7 Å². The molecule has 0 unspecified atom stereocenters. The number of aryl methyl sites for hydroxylation is 2. The molecule has 2 aromatic carbocycles. The summed E-state index contributed by atoms with van der Waals surface area (Å²) in [6, 6.07) is 14.5. The van der Waals surface area contributed by atoms with Crippen LogP contribution in [0.15, 0.2) is 54.7 Å². The third kappa shape index (κ3) is 4.76. The Bertz CT molecular complexity index is 847. The van der Waals surface area contributed by atoms with Crippen LogP contribution >= 0.6 is 0 Å². The fourth-order valence-corrected chi connectivity index (χ4v) is 2.45. The first-order valence-corrected chi connectivity index (χ1v) is 8.26. The molecule has 0 saturated heterocycles. The summed E-state index contributed by atoms with van der Waals surface area (Å²) in [5.74, 6) is 1.09. The van der Waals surface area contributed by atoms with Crippen LogP contribution in [0.5, 0.6) is 0 Å². The molecule has 0 bridgehead atoms. The number of benzene rings is 2. The molecule has 0 aliphatic rings. The fraction of sp³-hybridized carbons (Fsp3) is 0.200. The topological polar surface area (TPSA) is 49.8 Å². The van der Waals surface area contributed by atoms with Gasteiger partial charge in [0.15, 0.2) is 0 Å². The molecular formula is C20H21FN4. The molecule has 0 atom stereocenters. The number of halogens is 1. The maximum absolute atomic E-state index is 12.9. The van der Waals surface area contributed by atoms with Gasteiger partial charge in [-0.05, 0) is 67.3 Å². The Balaban J connectivity index is 1.59. The number of nitrogens with zero attached hydrogens (tertiary/aromatic N) is 2. The number of hydrogen-bond donors (Lipinski definition) is 2. The van der Waals surface area contributed by atoms with E-state index in [-0.39, 0.29) is 5.82 Å². The van der Waals surface area contributed by atoms with Crippen molar-refractivity contribution in [2.24, 2.45) is 0 Å². The molecule has 1 heterocycles. The zero-order valence-corrected chi connectivity index (χ0v) is 14.4. The molecule has 2 N–H and O–H groups in total. The van der Waals surface area contributed by atoms with E-state index in [4.69, 9.17) is 0 Å². The van der Waals surface area contributed by atoms with Crippen LogP contribution < -0.4 is 10.6 Å². The highest BCUT2D eigenvalue weighted by atomic mass is 19.1. The Kier molecular flexibility index (Phi) is 5.23. The Morgan fingerprint density at radius 2 is 1.76 bits per heavy atom. The normalized spacial score (nSPS) is 10.5. The summed E-state index contributed by atoms with van der Waals surface area (Å²) in [5.41, 5.74) is 4.52. The van der Waals surface area contributed by atoms with Gasteiger partial charge in [-0.25, -0.2) is 9.37 Å². The first kappa shape index (κ1) is 16.9. The number of hydrogen-bond acceptors (Lipinski definition) is 4. The maximum Gasteiger partial charge on any atom is 0.229 e. The quantitative estimate of drug-likeness (QED) is 0.689. The van der Waals surface area contributed by atoms with Crippen molar-refractivity contribution in [1.82, 2.24) is 9.97 Å². The number of anilines is 3. The van der Waals surface area contributed by atoms with Gasteiger partial charge in [0.05, 0.1) is 0 Å². The van der Waals surface area contributed by atoms with Gasteiger partial charge < -0.3 is 10.6 Å². The SMILES string of the molecule is Cc1ccc(Nc2nccc(NCCc3ccc(F)cc3)n2)cc1C. The molecule has 4 nitrogen and oxygen atoms in total. The van der Waals surface area contributed by atoms with Crippen molar-refractivity contribution in [2.45, 2.75) is 20.3 Å². The average molecular weight is 336 g/mol. The minimum Gasteiger partial charge on any atom is -0.370 e. The van der Waals surface area contributed by atoms with Crippen molar-refractivity contribution in [3.63, 3.8) is 0 Å². The standard InChI is InChI=1S/C20H21FN4/c1-14-3-8-18(13-15(14)2)24-20-23-12-10-19(25-20)22-11-9-16-4-6-17(21)7-5-16/h3-8,10,12-13H,9,11H2,1-2H3,(H2,22,23,24,25). The third-order valence-corrected chi connectivity index (χ3v) is 4.05. The molecule has 0 spiro atoms. The van der Waals surface area contributed by atoms with E-state index in [1.54, 1.807) is 18.3 Å². The molecule has 0 radical (unpaired) electrons. The first-order valence-electron chi connectivity index (χ1n) is 8.26. The Morgan fingerprint density at radius 3 is 2.52 bits per heavy atom. The monoisotopic (exact) mass is 336 g/mol. The van der Waals surface area contributed by atoms with Crippen LogP contribution in [-0.4, -0.2) is 16.5 Å². The highest BCUT2D eigenvalue weighted by Crippen LogP contribution is 2.18. The molecule has 0 aliphatic heterocycles. The summed E-state index contributed by atoms with van der Waals surface area (Å²) >= 11 is 0. The maximum atomic E-state index is 12.9. The predicted octanol–water partition coefficient (Wildman–Crippen LogP) is 4.63. The molecule has 1 aromatic heterocycles. The molecule has 3 rings (SSSR count). The lowest BCUT2D eigenvalue weighted by molar-refractivity contribution is 0.627. The van der Waals surface area contributed by atoms with E-state index >= 15 is 0 Å². The summed E-state index contributed by atoms with van der Waals surface area (Å²) < 4.78 is 12.9. The highest BCUT2D eigenvalue weighted by Gasteiger charge is 2.02.